The highest BCUT2D eigenvalue weighted by atomic mass is 19.1. The molecule has 2 aromatic rings. The van der Waals surface area contributed by atoms with Crippen LogP contribution in [0.2, 0.25) is 0 Å². The van der Waals surface area contributed by atoms with E-state index in [1.165, 1.54) is 5.56 Å². The van der Waals surface area contributed by atoms with Gasteiger partial charge in [0, 0.05) is 38.8 Å². The van der Waals surface area contributed by atoms with Gasteiger partial charge in [-0.15, -0.1) is 0 Å². The Kier molecular flexibility index (Phi) is 6.37. The van der Waals surface area contributed by atoms with Gasteiger partial charge in [-0.25, -0.2) is 4.39 Å². The lowest BCUT2D eigenvalue weighted by atomic mass is 10.0. The molecule has 0 amide bonds. The molecule has 1 aliphatic rings. The van der Waals surface area contributed by atoms with E-state index in [4.69, 9.17) is 0 Å². The minimum atomic E-state index is -0.0842. The van der Waals surface area contributed by atoms with E-state index in [-0.39, 0.29) is 5.82 Å². The van der Waals surface area contributed by atoms with Gasteiger partial charge in [-0.05, 0) is 30.5 Å². The third kappa shape index (κ3) is 5.25. The summed E-state index contributed by atoms with van der Waals surface area (Å²) in [7, 11) is 0. The van der Waals surface area contributed by atoms with Crippen LogP contribution < -0.4 is 0 Å². The number of rotatable bonds is 6. The summed E-state index contributed by atoms with van der Waals surface area (Å²) in [5.41, 5.74) is 2.07. The minimum absolute atomic E-state index is 0.0842. The van der Waals surface area contributed by atoms with E-state index in [0.29, 0.717) is 6.04 Å². The summed E-state index contributed by atoms with van der Waals surface area (Å²) in [6.45, 7) is 7.44. The highest BCUT2D eigenvalue weighted by molar-refractivity contribution is 5.48. The van der Waals surface area contributed by atoms with Crippen molar-refractivity contribution in [2.45, 2.75) is 19.4 Å². The summed E-state index contributed by atoms with van der Waals surface area (Å²) in [6, 6.07) is 17.9. The van der Waals surface area contributed by atoms with Crippen molar-refractivity contribution in [3.8, 4) is 0 Å². The Morgan fingerprint density at radius 1 is 0.960 bits per heavy atom. The molecule has 0 radical (unpaired) electrons. The largest absolute Gasteiger partial charge is 0.298 e. The summed E-state index contributed by atoms with van der Waals surface area (Å²) >= 11 is 0. The lowest BCUT2D eigenvalue weighted by Gasteiger charge is -2.37. The topological polar surface area (TPSA) is 6.48 Å². The first-order valence-electron chi connectivity index (χ1n) is 9.14. The molecule has 1 atom stereocenters. The Morgan fingerprint density at radius 3 is 2.36 bits per heavy atom. The van der Waals surface area contributed by atoms with Gasteiger partial charge >= 0.3 is 0 Å². The first kappa shape index (κ1) is 17.8. The lowest BCUT2D eigenvalue weighted by Crippen LogP contribution is -2.50. The zero-order chi connectivity index (χ0) is 17.5. The summed E-state index contributed by atoms with van der Waals surface area (Å²) in [6.07, 6.45) is 5.21. The average Bonchev–Trinajstić information content (AvgIpc) is 2.65. The fourth-order valence-corrected chi connectivity index (χ4v) is 3.40. The SMILES string of the molecule is C[C@@H](Cc1ccccc1F)N1CCN(CC=Cc2ccccc2)CC1. The van der Waals surface area contributed by atoms with Gasteiger partial charge in [0.25, 0.3) is 0 Å². The van der Waals surface area contributed by atoms with Gasteiger partial charge in [0.2, 0.25) is 0 Å². The molecule has 132 valence electrons. The van der Waals surface area contributed by atoms with Crippen LogP contribution >= 0.6 is 0 Å². The smallest absolute Gasteiger partial charge is 0.126 e. The second kappa shape index (κ2) is 8.93. The number of hydrogen-bond donors (Lipinski definition) is 0. The first-order valence-corrected chi connectivity index (χ1v) is 9.14. The molecule has 0 N–H and O–H groups in total. The number of piperazine rings is 1. The molecule has 1 saturated heterocycles. The van der Waals surface area contributed by atoms with Crippen LogP contribution in [0.5, 0.6) is 0 Å². The molecule has 1 heterocycles. The van der Waals surface area contributed by atoms with Crippen LogP contribution in [0.15, 0.2) is 60.7 Å². The van der Waals surface area contributed by atoms with E-state index >= 15 is 0 Å². The third-order valence-corrected chi connectivity index (χ3v) is 4.98. The number of halogens is 1. The molecule has 0 bridgehead atoms. The fraction of sp³-hybridized carbons (Fsp3) is 0.364. The van der Waals surface area contributed by atoms with E-state index in [9.17, 15) is 4.39 Å². The van der Waals surface area contributed by atoms with Gasteiger partial charge in [-0.1, -0.05) is 60.7 Å². The monoisotopic (exact) mass is 338 g/mol. The van der Waals surface area contributed by atoms with Crippen molar-refractivity contribution in [2.75, 3.05) is 32.7 Å². The lowest BCUT2D eigenvalue weighted by molar-refractivity contribution is 0.109. The Labute approximate surface area is 150 Å². The Hall–Kier alpha value is -1.97. The zero-order valence-corrected chi connectivity index (χ0v) is 14.9. The molecule has 2 nitrogen and oxygen atoms in total. The standard InChI is InChI=1S/C22H27FN2/c1-19(18-21-11-5-6-12-22(21)23)25-16-14-24(15-17-25)13-7-10-20-8-3-2-4-9-20/h2-12,19H,13-18H2,1H3/t19-/m0/s1. The van der Waals surface area contributed by atoms with Gasteiger partial charge in [0.15, 0.2) is 0 Å². The van der Waals surface area contributed by atoms with Crippen molar-refractivity contribution in [1.29, 1.82) is 0 Å². The molecular formula is C22H27FN2. The molecule has 3 heteroatoms. The van der Waals surface area contributed by atoms with Crippen LogP contribution in [0, 0.1) is 5.82 Å². The second-order valence-corrected chi connectivity index (χ2v) is 6.79. The van der Waals surface area contributed by atoms with Crippen molar-refractivity contribution in [2.24, 2.45) is 0 Å². The van der Waals surface area contributed by atoms with E-state index < -0.39 is 0 Å². The molecule has 1 aliphatic heterocycles. The van der Waals surface area contributed by atoms with Crippen LogP contribution in [0.1, 0.15) is 18.1 Å². The molecule has 0 unspecified atom stereocenters. The maximum Gasteiger partial charge on any atom is 0.126 e. The summed E-state index contributed by atoms with van der Waals surface area (Å²) < 4.78 is 13.8. The molecule has 0 saturated carbocycles. The van der Waals surface area contributed by atoms with Crippen LogP contribution in [0.4, 0.5) is 4.39 Å². The average molecular weight is 338 g/mol. The highest BCUT2D eigenvalue weighted by Crippen LogP contribution is 2.14. The van der Waals surface area contributed by atoms with Gasteiger partial charge in [0.05, 0.1) is 0 Å². The predicted molar refractivity (Wildman–Crippen MR) is 103 cm³/mol. The summed E-state index contributed by atoms with van der Waals surface area (Å²) in [4.78, 5) is 4.95. The van der Waals surface area contributed by atoms with Crippen molar-refractivity contribution < 1.29 is 4.39 Å². The Balaban J connectivity index is 1.44. The zero-order valence-electron chi connectivity index (χ0n) is 14.9. The first-order chi connectivity index (χ1) is 12.2. The van der Waals surface area contributed by atoms with E-state index in [2.05, 4.69) is 53.1 Å². The van der Waals surface area contributed by atoms with Crippen molar-refractivity contribution in [1.82, 2.24) is 9.80 Å². The van der Waals surface area contributed by atoms with Crippen molar-refractivity contribution >= 4 is 6.08 Å². The molecule has 1 fully saturated rings. The summed E-state index contributed by atoms with van der Waals surface area (Å²) in [5.74, 6) is -0.0842. The highest BCUT2D eigenvalue weighted by Gasteiger charge is 2.21. The van der Waals surface area contributed by atoms with Crippen molar-refractivity contribution in [3.63, 3.8) is 0 Å². The predicted octanol–water partition coefficient (Wildman–Crippen LogP) is 4.09. The molecule has 25 heavy (non-hydrogen) atoms. The number of hydrogen-bond acceptors (Lipinski definition) is 2. The molecule has 3 rings (SSSR count). The maximum atomic E-state index is 13.8. The molecule has 0 spiro atoms. The quantitative estimate of drug-likeness (QED) is 0.783. The Bertz CT molecular complexity index is 675. The summed E-state index contributed by atoms with van der Waals surface area (Å²) in [5, 5.41) is 0. The Morgan fingerprint density at radius 2 is 1.64 bits per heavy atom. The van der Waals surface area contributed by atoms with E-state index in [1.54, 1.807) is 12.1 Å². The van der Waals surface area contributed by atoms with Gasteiger partial charge in [-0.2, -0.15) is 0 Å². The number of benzene rings is 2. The van der Waals surface area contributed by atoms with E-state index in [1.807, 2.05) is 18.2 Å². The molecular weight excluding hydrogens is 311 g/mol. The van der Waals surface area contributed by atoms with Gasteiger partial charge in [-0.3, -0.25) is 9.80 Å². The van der Waals surface area contributed by atoms with Gasteiger partial charge < -0.3 is 0 Å². The van der Waals surface area contributed by atoms with E-state index in [0.717, 1.165) is 44.7 Å². The van der Waals surface area contributed by atoms with Gasteiger partial charge in [0.1, 0.15) is 5.82 Å². The van der Waals surface area contributed by atoms with Crippen LogP contribution in [-0.4, -0.2) is 48.6 Å². The van der Waals surface area contributed by atoms with Crippen LogP contribution in [0.3, 0.4) is 0 Å². The maximum absolute atomic E-state index is 13.8. The normalized spacial score (nSPS) is 17.8. The number of nitrogens with zero attached hydrogens (tertiary/aromatic N) is 2. The molecule has 0 aromatic heterocycles. The van der Waals surface area contributed by atoms with Crippen LogP contribution in [0.25, 0.3) is 6.08 Å². The minimum Gasteiger partial charge on any atom is -0.298 e. The molecule has 0 aliphatic carbocycles. The fourth-order valence-electron chi connectivity index (χ4n) is 3.40. The molecule has 2 aromatic carbocycles. The second-order valence-electron chi connectivity index (χ2n) is 6.79. The van der Waals surface area contributed by atoms with Crippen molar-refractivity contribution in [3.05, 3.63) is 77.6 Å². The van der Waals surface area contributed by atoms with Crippen LogP contribution in [-0.2, 0) is 6.42 Å². The third-order valence-electron chi connectivity index (χ3n) is 4.98.